The van der Waals surface area contributed by atoms with Gasteiger partial charge < -0.3 is 5.32 Å². The van der Waals surface area contributed by atoms with E-state index in [-0.39, 0.29) is 5.91 Å². The Kier molecular flexibility index (Phi) is 7.81. The Labute approximate surface area is 130 Å². The molecule has 19 heavy (non-hydrogen) atoms. The number of carbonyl (C=O) groups excluding carboxylic acids is 1. The number of piperidine rings is 1. The normalized spacial score (nSPS) is 19.2. The number of rotatable bonds is 6. The average molecular weight is 330 g/mol. The summed E-state index contributed by atoms with van der Waals surface area (Å²) in [5.74, 6) is -0.0321. The number of unbranched alkanes of at least 4 members (excludes halogenated alkanes) is 2. The van der Waals surface area contributed by atoms with Crippen LogP contribution in [0.4, 0.5) is 0 Å². The molecule has 1 rings (SSSR count). The maximum atomic E-state index is 11.9. The lowest BCUT2D eigenvalue weighted by atomic mass is 10.1. The number of nitrogens with one attached hydrogen (secondary N) is 1. The zero-order valence-corrected chi connectivity index (χ0v) is 13.7. The van der Waals surface area contributed by atoms with Crippen LogP contribution in [0.2, 0.25) is 0 Å². The van der Waals surface area contributed by atoms with E-state index in [1.807, 2.05) is 0 Å². The van der Waals surface area contributed by atoms with Crippen molar-refractivity contribution >= 4 is 40.7 Å². The molecular weight excluding hydrogens is 307 g/mol. The average Bonchev–Trinajstić information content (AvgIpc) is 2.36. The number of hydrogen-bond acceptors (Lipinski definition) is 2. The van der Waals surface area contributed by atoms with Crippen molar-refractivity contribution in [2.75, 3.05) is 13.1 Å². The van der Waals surface area contributed by atoms with Crippen molar-refractivity contribution in [3.63, 3.8) is 0 Å². The Balaban J connectivity index is 2.52. The molecule has 0 aliphatic carbocycles. The van der Waals surface area contributed by atoms with E-state index in [0.29, 0.717) is 6.42 Å². The Morgan fingerprint density at radius 1 is 1.21 bits per heavy atom. The molecule has 1 aliphatic rings. The molecule has 1 saturated heterocycles. The predicted molar refractivity (Wildman–Crippen MR) is 81.8 cm³/mol. The van der Waals surface area contributed by atoms with E-state index >= 15 is 0 Å². The molecule has 0 radical (unpaired) electrons. The lowest BCUT2D eigenvalue weighted by Gasteiger charge is -2.38. The fourth-order valence-corrected chi connectivity index (χ4v) is 2.89. The second-order valence-corrected chi connectivity index (χ2v) is 7.43. The van der Waals surface area contributed by atoms with Crippen molar-refractivity contribution in [2.24, 2.45) is 0 Å². The summed E-state index contributed by atoms with van der Waals surface area (Å²) in [6, 6.07) is 0. The molecule has 0 bridgehead atoms. The summed E-state index contributed by atoms with van der Waals surface area (Å²) in [4.78, 5) is 14.0. The van der Waals surface area contributed by atoms with Crippen LogP contribution in [-0.4, -0.2) is 33.9 Å². The molecule has 112 valence electrons. The number of hydrogen-bond donors (Lipinski definition) is 1. The van der Waals surface area contributed by atoms with Gasteiger partial charge in [0.1, 0.15) is 6.17 Å². The van der Waals surface area contributed by atoms with Gasteiger partial charge in [0, 0.05) is 19.5 Å². The molecule has 1 heterocycles. The molecule has 1 aliphatic heterocycles. The van der Waals surface area contributed by atoms with E-state index in [2.05, 4.69) is 17.1 Å². The maximum absolute atomic E-state index is 11.9. The van der Waals surface area contributed by atoms with Gasteiger partial charge in [-0.1, -0.05) is 61.0 Å². The first-order valence-electron chi connectivity index (χ1n) is 7.05. The van der Waals surface area contributed by atoms with Crippen LogP contribution in [0.25, 0.3) is 0 Å². The minimum absolute atomic E-state index is 0.0321. The molecule has 1 fully saturated rings. The lowest BCUT2D eigenvalue weighted by molar-refractivity contribution is -0.123. The van der Waals surface area contributed by atoms with Crippen molar-refractivity contribution in [3.05, 3.63) is 0 Å². The molecule has 0 aromatic rings. The molecule has 3 nitrogen and oxygen atoms in total. The number of amides is 1. The standard InChI is InChI=1S/C13H23Cl3N2O/c1-2-3-5-8-11(19)17-12(13(14,15)16)18-9-6-4-7-10-18/h12H,2-10H2,1H3,(H,17,19)/t12-/m1/s1. The largest absolute Gasteiger partial charge is 0.337 e. The summed E-state index contributed by atoms with van der Waals surface area (Å²) in [6.45, 7) is 3.84. The molecule has 1 amide bonds. The van der Waals surface area contributed by atoms with Crippen LogP contribution >= 0.6 is 34.8 Å². The zero-order valence-electron chi connectivity index (χ0n) is 11.4. The summed E-state index contributed by atoms with van der Waals surface area (Å²) < 4.78 is -1.49. The van der Waals surface area contributed by atoms with Crippen LogP contribution in [0.3, 0.4) is 0 Å². The SMILES string of the molecule is CCCCCC(=O)N[C@H](N1CCCCC1)C(Cl)(Cl)Cl. The highest BCUT2D eigenvalue weighted by atomic mass is 35.6. The Morgan fingerprint density at radius 3 is 2.37 bits per heavy atom. The first kappa shape index (κ1) is 17.4. The number of alkyl halides is 3. The summed E-state index contributed by atoms with van der Waals surface area (Å²) in [5, 5.41) is 2.88. The van der Waals surface area contributed by atoms with Gasteiger partial charge in [0.2, 0.25) is 9.70 Å². The molecular formula is C13H23Cl3N2O. The molecule has 6 heteroatoms. The quantitative estimate of drug-likeness (QED) is 0.593. The minimum Gasteiger partial charge on any atom is -0.337 e. The van der Waals surface area contributed by atoms with E-state index in [1.165, 1.54) is 6.42 Å². The predicted octanol–water partition coefficient (Wildman–Crippen LogP) is 3.87. The van der Waals surface area contributed by atoms with Gasteiger partial charge in [-0.05, 0) is 19.3 Å². The van der Waals surface area contributed by atoms with Gasteiger partial charge in [-0.15, -0.1) is 0 Å². The number of nitrogens with zero attached hydrogens (tertiary/aromatic N) is 1. The molecule has 0 unspecified atom stereocenters. The van der Waals surface area contributed by atoms with Gasteiger partial charge in [-0.3, -0.25) is 9.69 Å². The van der Waals surface area contributed by atoms with Crippen molar-refractivity contribution in [1.82, 2.24) is 10.2 Å². The highest BCUT2D eigenvalue weighted by Crippen LogP contribution is 2.33. The topological polar surface area (TPSA) is 32.3 Å². The van der Waals surface area contributed by atoms with Gasteiger partial charge in [0.05, 0.1) is 0 Å². The first-order chi connectivity index (χ1) is 8.95. The molecule has 0 spiro atoms. The van der Waals surface area contributed by atoms with Crippen LogP contribution in [0.1, 0.15) is 51.9 Å². The van der Waals surface area contributed by atoms with Gasteiger partial charge in [0.25, 0.3) is 0 Å². The van der Waals surface area contributed by atoms with E-state index in [0.717, 1.165) is 45.2 Å². The molecule has 0 saturated carbocycles. The fraction of sp³-hybridized carbons (Fsp3) is 0.923. The Hall–Kier alpha value is 0.300. The summed E-state index contributed by atoms with van der Waals surface area (Å²) in [5.41, 5.74) is 0. The van der Waals surface area contributed by atoms with Gasteiger partial charge in [-0.25, -0.2) is 0 Å². The summed E-state index contributed by atoms with van der Waals surface area (Å²) in [7, 11) is 0. The first-order valence-corrected chi connectivity index (χ1v) is 8.18. The number of halogens is 3. The number of carbonyl (C=O) groups is 1. The van der Waals surface area contributed by atoms with Gasteiger partial charge >= 0.3 is 0 Å². The van der Waals surface area contributed by atoms with E-state index in [1.54, 1.807) is 0 Å². The van der Waals surface area contributed by atoms with Crippen molar-refractivity contribution in [2.45, 2.75) is 61.8 Å². The molecule has 1 atom stereocenters. The van der Waals surface area contributed by atoms with Crippen LogP contribution in [0, 0.1) is 0 Å². The lowest BCUT2D eigenvalue weighted by Crippen LogP contribution is -2.56. The fourth-order valence-electron chi connectivity index (χ4n) is 2.32. The third-order valence-electron chi connectivity index (χ3n) is 3.37. The maximum Gasteiger partial charge on any atom is 0.223 e. The van der Waals surface area contributed by atoms with Crippen LogP contribution < -0.4 is 5.32 Å². The Bertz CT molecular complexity index is 276. The van der Waals surface area contributed by atoms with E-state index in [4.69, 9.17) is 34.8 Å². The molecule has 1 N–H and O–H groups in total. The second-order valence-electron chi connectivity index (χ2n) is 5.07. The van der Waals surface area contributed by atoms with Gasteiger partial charge in [0.15, 0.2) is 0 Å². The van der Waals surface area contributed by atoms with E-state index in [9.17, 15) is 4.79 Å². The van der Waals surface area contributed by atoms with Gasteiger partial charge in [-0.2, -0.15) is 0 Å². The third kappa shape index (κ3) is 6.52. The second kappa shape index (κ2) is 8.56. The number of likely N-dealkylation sites (tertiary alicyclic amines) is 1. The van der Waals surface area contributed by atoms with Crippen LogP contribution in [0.15, 0.2) is 0 Å². The van der Waals surface area contributed by atoms with Crippen molar-refractivity contribution in [1.29, 1.82) is 0 Å². The summed E-state index contributed by atoms with van der Waals surface area (Å²) >= 11 is 18.0. The molecule has 0 aromatic carbocycles. The minimum atomic E-state index is -1.49. The molecule has 0 aromatic heterocycles. The monoisotopic (exact) mass is 328 g/mol. The highest BCUT2D eigenvalue weighted by molar-refractivity contribution is 6.68. The summed E-state index contributed by atoms with van der Waals surface area (Å²) in [6.07, 6.45) is 6.38. The van der Waals surface area contributed by atoms with Crippen molar-refractivity contribution < 1.29 is 4.79 Å². The van der Waals surface area contributed by atoms with Crippen molar-refractivity contribution in [3.8, 4) is 0 Å². The zero-order chi connectivity index (χ0) is 14.3. The third-order valence-corrected chi connectivity index (χ3v) is 3.99. The van der Waals surface area contributed by atoms with Crippen LogP contribution in [-0.2, 0) is 4.79 Å². The smallest absolute Gasteiger partial charge is 0.223 e. The Morgan fingerprint density at radius 2 is 1.84 bits per heavy atom. The van der Waals surface area contributed by atoms with Crippen LogP contribution in [0.5, 0.6) is 0 Å². The van der Waals surface area contributed by atoms with E-state index < -0.39 is 9.96 Å². The highest BCUT2D eigenvalue weighted by Gasteiger charge is 2.38.